The van der Waals surface area contributed by atoms with Gasteiger partial charge in [-0.15, -0.1) is 0 Å². The predicted octanol–water partition coefficient (Wildman–Crippen LogP) is 1.40. The molecule has 0 aliphatic carbocycles. The lowest BCUT2D eigenvalue weighted by Gasteiger charge is -2.28. The molecule has 1 atom stereocenters. The van der Waals surface area contributed by atoms with Gasteiger partial charge in [0.05, 0.1) is 0 Å². The molecule has 0 saturated carbocycles. The molecule has 0 aromatic carbocycles. The standard InChI is InChI=1S/C10H14F3N3/c1-16(9(6-14)10(11,12)13)7-8-2-4-15-5-3-8/h2-5,9H,6-7,14H2,1H3. The van der Waals surface area contributed by atoms with Crippen molar-refractivity contribution >= 4 is 0 Å². The summed E-state index contributed by atoms with van der Waals surface area (Å²) in [5.41, 5.74) is 5.92. The average Bonchev–Trinajstić information content (AvgIpc) is 2.17. The van der Waals surface area contributed by atoms with Gasteiger partial charge in [-0.3, -0.25) is 9.88 Å². The van der Waals surface area contributed by atoms with Crippen molar-refractivity contribution in [3.8, 4) is 0 Å². The van der Waals surface area contributed by atoms with E-state index >= 15 is 0 Å². The predicted molar refractivity (Wildman–Crippen MR) is 54.6 cm³/mol. The van der Waals surface area contributed by atoms with Crippen LogP contribution in [0.1, 0.15) is 5.56 Å². The van der Waals surface area contributed by atoms with Gasteiger partial charge in [0.25, 0.3) is 0 Å². The van der Waals surface area contributed by atoms with E-state index in [0.717, 1.165) is 5.56 Å². The Morgan fingerprint density at radius 1 is 1.38 bits per heavy atom. The number of nitrogens with zero attached hydrogens (tertiary/aromatic N) is 2. The molecule has 0 aliphatic rings. The van der Waals surface area contributed by atoms with Crippen molar-refractivity contribution in [3.05, 3.63) is 30.1 Å². The van der Waals surface area contributed by atoms with Crippen LogP contribution in [0.25, 0.3) is 0 Å². The van der Waals surface area contributed by atoms with E-state index < -0.39 is 18.8 Å². The molecule has 0 aliphatic heterocycles. The topological polar surface area (TPSA) is 42.2 Å². The van der Waals surface area contributed by atoms with Gasteiger partial charge < -0.3 is 5.73 Å². The average molecular weight is 233 g/mol. The third kappa shape index (κ3) is 3.46. The van der Waals surface area contributed by atoms with E-state index in [2.05, 4.69) is 4.98 Å². The Balaban J connectivity index is 2.67. The fourth-order valence-corrected chi connectivity index (χ4v) is 1.45. The van der Waals surface area contributed by atoms with Crippen molar-refractivity contribution in [2.75, 3.05) is 13.6 Å². The van der Waals surface area contributed by atoms with Crippen molar-refractivity contribution in [1.82, 2.24) is 9.88 Å². The number of pyridine rings is 1. The van der Waals surface area contributed by atoms with Crippen LogP contribution in [0.5, 0.6) is 0 Å². The minimum absolute atomic E-state index is 0.198. The Labute approximate surface area is 92.1 Å². The van der Waals surface area contributed by atoms with Crippen LogP contribution in [-0.2, 0) is 6.54 Å². The SMILES string of the molecule is CN(Cc1ccncc1)C(CN)C(F)(F)F. The molecule has 1 rings (SSSR count). The second-order valence-corrected chi connectivity index (χ2v) is 3.56. The highest BCUT2D eigenvalue weighted by atomic mass is 19.4. The Kier molecular flexibility index (Phi) is 4.26. The summed E-state index contributed by atoms with van der Waals surface area (Å²) in [6.45, 7) is -0.241. The summed E-state index contributed by atoms with van der Waals surface area (Å²) in [6.07, 6.45) is -1.20. The van der Waals surface area contributed by atoms with Gasteiger partial charge in [0, 0.05) is 25.5 Å². The first-order valence-electron chi connectivity index (χ1n) is 4.81. The van der Waals surface area contributed by atoms with Crippen LogP contribution in [0.2, 0.25) is 0 Å². The molecular formula is C10H14F3N3. The van der Waals surface area contributed by atoms with Crippen LogP contribution in [0.15, 0.2) is 24.5 Å². The van der Waals surface area contributed by atoms with E-state index in [1.165, 1.54) is 11.9 Å². The smallest absolute Gasteiger partial charge is 0.329 e. The molecule has 0 spiro atoms. The van der Waals surface area contributed by atoms with E-state index in [0.29, 0.717) is 0 Å². The Hall–Kier alpha value is -1.14. The van der Waals surface area contributed by atoms with Crippen molar-refractivity contribution in [2.45, 2.75) is 18.8 Å². The maximum Gasteiger partial charge on any atom is 0.405 e. The largest absolute Gasteiger partial charge is 0.405 e. The molecule has 1 aromatic rings. The van der Waals surface area contributed by atoms with Gasteiger partial charge in [-0.1, -0.05) is 0 Å². The molecule has 0 saturated heterocycles. The van der Waals surface area contributed by atoms with Crippen LogP contribution >= 0.6 is 0 Å². The van der Waals surface area contributed by atoms with Crippen molar-refractivity contribution in [3.63, 3.8) is 0 Å². The number of aromatic nitrogens is 1. The Morgan fingerprint density at radius 2 is 1.94 bits per heavy atom. The molecule has 0 bridgehead atoms. The van der Waals surface area contributed by atoms with E-state index in [1.54, 1.807) is 24.5 Å². The molecule has 0 amide bonds. The molecule has 90 valence electrons. The zero-order valence-corrected chi connectivity index (χ0v) is 8.91. The van der Waals surface area contributed by atoms with Gasteiger partial charge >= 0.3 is 6.18 Å². The van der Waals surface area contributed by atoms with Gasteiger partial charge in [-0.2, -0.15) is 13.2 Å². The molecule has 1 aromatic heterocycles. The van der Waals surface area contributed by atoms with E-state index in [-0.39, 0.29) is 6.54 Å². The Morgan fingerprint density at radius 3 is 2.38 bits per heavy atom. The van der Waals surface area contributed by atoms with Crippen molar-refractivity contribution in [1.29, 1.82) is 0 Å². The zero-order chi connectivity index (χ0) is 12.2. The van der Waals surface area contributed by atoms with Gasteiger partial charge in [-0.05, 0) is 24.7 Å². The zero-order valence-electron chi connectivity index (χ0n) is 8.91. The maximum atomic E-state index is 12.5. The summed E-state index contributed by atoms with van der Waals surface area (Å²) in [4.78, 5) is 4.99. The third-order valence-corrected chi connectivity index (χ3v) is 2.31. The van der Waals surface area contributed by atoms with Gasteiger partial charge in [0.1, 0.15) is 6.04 Å². The van der Waals surface area contributed by atoms with Gasteiger partial charge in [0.15, 0.2) is 0 Å². The van der Waals surface area contributed by atoms with E-state index in [1.807, 2.05) is 0 Å². The second-order valence-electron chi connectivity index (χ2n) is 3.56. The number of likely N-dealkylation sites (N-methyl/N-ethyl adjacent to an activating group) is 1. The maximum absolute atomic E-state index is 12.5. The fraction of sp³-hybridized carbons (Fsp3) is 0.500. The number of nitrogens with two attached hydrogens (primary N) is 1. The molecule has 1 unspecified atom stereocenters. The molecular weight excluding hydrogens is 219 g/mol. The summed E-state index contributed by atoms with van der Waals surface area (Å²) in [5, 5.41) is 0. The minimum atomic E-state index is -4.30. The number of alkyl halides is 3. The lowest BCUT2D eigenvalue weighted by atomic mass is 10.2. The van der Waals surface area contributed by atoms with Gasteiger partial charge in [0.2, 0.25) is 0 Å². The minimum Gasteiger partial charge on any atom is -0.329 e. The van der Waals surface area contributed by atoms with Crippen molar-refractivity contribution < 1.29 is 13.2 Å². The van der Waals surface area contributed by atoms with E-state index in [9.17, 15) is 13.2 Å². The van der Waals surface area contributed by atoms with Gasteiger partial charge in [-0.25, -0.2) is 0 Å². The summed E-state index contributed by atoms with van der Waals surface area (Å²) in [7, 11) is 1.41. The molecule has 1 heterocycles. The van der Waals surface area contributed by atoms with Crippen molar-refractivity contribution in [2.24, 2.45) is 5.73 Å². The monoisotopic (exact) mass is 233 g/mol. The van der Waals surface area contributed by atoms with Crippen LogP contribution in [0.4, 0.5) is 13.2 Å². The van der Waals surface area contributed by atoms with Crippen LogP contribution in [0.3, 0.4) is 0 Å². The molecule has 3 nitrogen and oxygen atoms in total. The third-order valence-electron chi connectivity index (χ3n) is 2.31. The normalized spacial score (nSPS) is 14.1. The van der Waals surface area contributed by atoms with Crippen LogP contribution < -0.4 is 5.73 Å². The number of halogens is 3. The molecule has 0 fully saturated rings. The van der Waals surface area contributed by atoms with Crippen LogP contribution in [0, 0.1) is 0 Å². The first-order chi connectivity index (χ1) is 7.45. The summed E-state index contributed by atoms with van der Waals surface area (Å²) < 4.78 is 37.6. The Bertz CT molecular complexity index is 313. The van der Waals surface area contributed by atoms with Crippen LogP contribution in [-0.4, -0.2) is 35.7 Å². The highest BCUT2D eigenvalue weighted by Crippen LogP contribution is 2.24. The highest BCUT2D eigenvalue weighted by Gasteiger charge is 2.41. The second kappa shape index (κ2) is 5.27. The molecule has 2 N–H and O–H groups in total. The fourth-order valence-electron chi connectivity index (χ4n) is 1.45. The number of rotatable bonds is 4. The first-order valence-corrected chi connectivity index (χ1v) is 4.81. The lowest BCUT2D eigenvalue weighted by Crippen LogP contribution is -2.48. The molecule has 6 heteroatoms. The van der Waals surface area contributed by atoms with E-state index in [4.69, 9.17) is 5.73 Å². The highest BCUT2D eigenvalue weighted by molar-refractivity contribution is 5.09. The molecule has 0 radical (unpaired) electrons. The number of hydrogen-bond acceptors (Lipinski definition) is 3. The summed E-state index contributed by atoms with van der Waals surface area (Å²) in [6, 6.07) is 1.75. The lowest BCUT2D eigenvalue weighted by molar-refractivity contribution is -0.178. The number of hydrogen-bond donors (Lipinski definition) is 1. The summed E-state index contributed by atoms with van der Waals surface area (Å²) in [5.74, 6) is 0. The summed E-state index contributed by atoms with van der Waals surface area (Å²) >= 11 is 0. The quantitative estimate of drug-likeness (QED) is 0.854. The molecule has 16 heavy (non-hydrogen) atoms. The first kappa shape index (κ1) is 12.9.